The predicted octanol–water partition coefficient (Wildman–Crippen LogP) is 3.66. The number of hydrogen-bond donors (Lipinski definition) is 1. The van der Waals surface area contributed by atoms with Gasteiger partial charge in [0.15, 0.2) is 0 Å². The van der Waals surface area contributed by atoms with Crippen LogP contribution in [-0.4, -0.2) is 34.6 Å². The number of aliphatic hydroxyl groups is 1. The van der Waals surface area contributed by atoms with Crippen molar-refractivity contribution in [2.24, 2.45) is 0 Å². The van der Waals surface area contributed by atoms with Crippen LogP contribution in [0.15, 0.2) is 12.7 Å². The molecule has 3 nitrogen and oxygen atoms in total. The standard InChI is InChI=1S/C13H16F6O3/c1-2-9(20)22-10(6-4-3-5-7-10)8-11(21,12(14,15)16)13(17,18)19/h2,21H,1,3-8H2. The van der Waals surface area contributed by atoms with Crippen LogP contribution in [0.4, 0.5) is 26.3 Å². The van der Waals surface area contributed by atoms with Crippen LogP contribution in [-0.2, 0) is 9.53 Å². The minimum absolute atomic E-state index is 0.180. The molecule has 0 unspecified atom stereocenters. The fourth-order valence-electron chi connectivity index (χ4n) is 2.59. The van der Waals surface area contributed by atoms with Crippen LogP contribution in [0.25, 0.3) is 0 Å². The van der Waals surface area contributed by atoms with Gasteiger partial charge >= 0.3 is 18.3 Å². The van der Waals surface area contributed by atoms with Crippen LogP contribution in [0.3, 0.4) is 0 Å². The van der Waals surface area contributed by atoms with Crippen molar-refractivity contribution in [3.05, 3.63) is 12.7 Å². The molecule has 1 saturated carbocycles. The van der Waals surface area contributed by atoms with Gasteiger partial charge in [0.1, 0.15) is 5.60 Å². The highest BCUT2D eigenvalue weighted by atomic mass is 19.4. The lowest BCUT2D eigenvalue weighted by molar-refractivity contribution is -0.379. The number of carbonyl (C=O) groups is 1. The summed E-state index contributed by atoms with van der Waals surface area (Å²) in [5, 5.41) is 9.32. The Morgan fingerprint density at radius 1 is 1.09 bits per heavy atom. The Hall–Kier alpha value is -1.25. The molecule has 1 aliphatic rings. The Kier molecular flexibility index (Phi) is 5.21. The minimum atomic E-state index is -5.93. The van der Waals surface area contributed by atoms with Gasteiger partial charge in [-0.3, -0.25) is 0 Å². The molecule has 128 valence electrons. The summed E-state index contributed by atoms with van der Waals surface area (Å²) >= 11 is 0. The molecule has 9 heteroatoms. The van der Waals surface area contributed by atoms with Crippen molar-refractivity contribution < 1.29 is 41.0 Å². The number of alkyl halides is 6. The third-order valence-corrected chi connectivity index (χ3v) is 3.76. The van der Waals surface area contributed by atoms with E-state index in [-0.39, 0.29) is 12.8 Å². The molecule has 0 spiro atoms. The van der Waals surface area contributed by atoms with Gasteiger partial charge in [0, 0.05) is 12.5 Å². The Balaban J connectivity index is 3.19. The molecule has 0 bridgehead atoms. The van der Waals surface area contributed by atoms with Crippen LogP contribution in [0.1, 0.15) is 38.5 Å². The predicted molar refractivity (Wildman–Crippen MR) is 63.8 cm³/mol. The summed E-state index contributed by atoms with van der Waals surface area (Å²) in [6.45, 7) is 3.07. The van der Waals surface area contributed by atoms with Gasteiger partial charge in [0.2, 0.25) is 0 Å². The second-order valence-electron chi connectivity index (χ2n) is 5.40. The number of esters is 1. The van der Waals surface area contributed by atoms with Crippen molar-refractivity contribution in [1.29, 1.82) is 0 Å². The number of hydrogen-bond acceptors (Lipinski definition) is 3. The van der Waals surface area contributed by atoms with Crippen molar-refractivity contribution >= 4 is 5.97 Å². The van der Waals surface area contributed by atoms with Crippen molar-refractivity contribution in [1.82, 2.24) is 0 Å². The van der Waals surface area contributed by atoms with Crippen molar-refractivity contribution in [3.63, 3.8) is 0 Å². The molecule has 1 rings (SSSR count). The van der Waals surface area contributed by atoms with Crippen LogP contribution in [0.2, 0.25) is 0 Å². The maximum Gasteiger partial charge on any atom is 0.426 e. The van der Waals surface area contributed by atoms with Gasteiger partial charge in [-0.25, -0.2) is 4.79 Å². The first-order valence-corrected chi connectivity index (χ1v) is 6.58. The average Bonchev–Trinajstić information content (AvgIpc) is 2.36. The smallest absolute Gasteiger partial charge is 0.426 e. The van der Waals surface area contributed by atoms with E-state index in [9.17, 15) is 36.2 Å². The molecule has 0 radical (unpaired) electrons. The number of ether oxygens (including phenoxy) is 1. The van der Waals surface area contributed by atoms with E-state index in [1.54, 1.807) is 0 Å². The third-order valence-electron chi connectivity index (χ3n) is 3.76. The first-order chi connectivity index (χ1) is 9.87. The molecule has 0 aromatic heterocycles. The Morgan fingerprint density at radius 3 is 1.91 bits per heavy atom. The topological polar surface area (TPSA) is 46.5 Å². The zero-order valence-corrected chi connectivity index (χ0v) is 11.6. The Morgan fingerprint density at radius 2 is 1.55 bits per heavy atom. The lowest BCUT2D eigenvalue weighted by Gasteiger charge is -2.43. The van der Waals surface area contributed by atoms with Crippen LogP contribution in [0.5, 0.6) is 0 Å². The fourth-order valence-corrected chi connectivity index (χ4v) is 2.59. The van der Waals surface area contributed by atoms with E-state index in [1.807, 2.05) is 0 Å². The highest BCUT2D eigenvalue weighted by Gasteiger charge is 2.72. The molecule has 0 amide bonds. The highest BCUT2D eigenvalue weighted by molar-refractivity contribution is 5.81. The second kappa shape index (κ2) is 6.10. The molecule has 1 N–H and O–H groups in total. The maximum absolute atomic E-state index is 12.8. The third kappa shape index (κ3) is 3.74. The number of rotatable bonds is 4. The van der Waals surface area contributed by atoms with E-state index in [2.05, 4.69) is 6.58 Å². The second-order valence-corrected chi connectivity index (χ2v) is 5.40. The van der Waals surface area contributed by atoms with Gasteiger partial charge < -0.3 is 9.84 Å². The summed E-state index contributed by atoms with van der Waals surface area (Å²) in [6, 6.07) is 0. The average molecular weight is 334 g/mol. The molecular weight excluding hydrogens is 318 g/mol. The number of halogens is 6. The quantitative estimate of drug-likeness (QED) is 0.485. The first kappa shape index (κ1) is 18.8. The van der Waals surface area contributed by atoms with Crippen molar-refractivity contribution in [3.8, 4) is 0 Å². The van der Waals surface area contributed by atoms with Crippen LogP contribution in [0, 0.1) is 0 Å². The van der Waals surface area contributed by atoms with E-state index in [0.717, 1.165) is 0 Å². The summed E-state index contributed by atoms with van der Waals surface area (Å²) in [5.74, 6) is -1.12. The van der Waals surface area contributed by atoms with E-state index in [1.165, 1.54) is 0 Å². The largest absolute Gasteiger partial charge is 0.456 e. The monoisotopic (exact) mass is 334 g/mol. The SMILES string of the molecule is C=CC(=O)OC1(CC(O)(C(F)(F)F)C(F)(F)F)CCCCC1. The van der Waals surface area contributed by atoms with Crippen LogP contribution < -0.4 is 0 Å². The summed E-state index contributed by atoms with van der Waals surface area (Å²) in [4.78, 5) is 11.3. The normalized spacial score (nSPS) is 19.6. The molecule has 1 aliphatic carbocycles. The van der Waals surface area contributed by atoms with Gasteiger partial charge in [0.05, 0.1) is 0 Å². The van der Waals surface area contributed by atoms with Gasteiger partial charge in [0.25, 0.3) is 5.60 Å². The maximum atomic E-state index is 12.8. The summed E-state index contributed by atoms with van der Waals surface area (Å²) in [5.41, 5.74) is -6.94. The minimum Gasteiger partial charge on any atom is -0.456 e. The molecular formula is C13H16F6O3. The zero-order chi connectivity index (χ0) is 17.2. The lowest BCUT2D eigenvalue weighted by atomic mass is 9.76. The lowest BCUT2D eigenvalue weighted by Crippen LogP contribution is -2.61. The Labute approximate surface area is 122 Å². The van der Waals surface area contributed by atoms with E-state index < -0.39 is 35.9 Å². The molecule has 0 heterocycles. The molecule has 0 atom stereocenters. The van der Waals surface area contributed by atoms with Crippen molar-refractivity contribution in [2.45, 2.75) is 62.1 Å². The highest BCUT2D eigenvalue weighted by Crippen LogP contribution is 2.50. The number of carbonyl (C=O) groups excluding carboxylic acids is 1. The summed E-state index contributed by atoms with van der Waals surface area (Å²) < 4.78 is 81.7. The molecule has 0 aromatic carbocycles. The van der Waals surface area contributed by atoms with E-state index >= 15 is 0 Å². The summed E-state index contributed by atoms with van der Waals surface area (Å²) in [6.07, 6.45) is -12.1. The molecule has 0 aliphatic heterocycles. The molecule has 22 heavy (non-hydrogen) atoms. The van der Waals surface area contributed by atoms with Gasteiger partial charge in [-0.1, -0.05) is 13.0 Å². The van der Waals surface area contributed by atoms with Gasteiger partial charge in [-0.2, -0.15) is 26.3 Å². The van der Waals surface area contributed by atoms with E-state index in [0.29, 0.717) is 25.3 Å². The Bertz CT molecular complexity index is 406. The fraction of sp³-hybridized carbons (Fsp3) is 0.769. The van der Waals surface area contributed by atoms with Gasteiger partial charge in [-0.05, 0) is 25.7 Å². The first-order valence-electron chi connectivity index (χ1n) is 6.58. The molecule has 1 fully saturated rings. The van der Waals surface area contributed by atoms with Gasteiger partial charge in [-0.15, -0.1) is 0 Å². The van der Waals surface area contributed by atoms with Crippen LogP contribution >= 0.6 is 0 Å². The molecule has 0 saturated heterocycles. The van der Waals surface area contributed by atoms with Crippen molar-refractivity contribution in [2.75, 3.05) is 0 Å². The molecule has 0 aromatic rings. The summed E-state index contributed by atoms with van der Waals surface area (Å²) in [7, 11) is 0. The van der Waals surface area contributed by atoms with E-state index in [4.69, 9.17) is 4.74 Å². The zero-order valence-electron chi connectivity index (χ0n) is 11.6.